The van der Waals surface area contributed by atoms with E-state index in [-0.39, 0.29) is 10.8 Å². The number of hydrogen-bond donors (Lipinski definition) is 0. The highest BCUT2D eigenvalue weighted by molar-refractivity contribution is 5.69. The summed E-state index contributed by atoms with van der Waals surface area (Å²) in [4.78, 5) is 0. The largest absolute Gasteiger partial charge is 0.494 e. The van der Waals surface area contributed by atoms with E-state index in [4.69, 9.17) is 9.47 Å². The van der Waals surface area contributed by atoms with Crippen LogP contribution in [0.5, 0.6) is 11.5 Å². The Hall–Kier alpha value is -1.96. The van der Waals surface area contributed by atoms with Crippen LogP contribution >= 0.6 is 0 Å². The zero-order chi connectivity index (χ0) is 19.5. The van der Waals surface area contributed by atoms with Crippen LogP contribution < -0.4 is 9.47 Å². The first kappa shape index (κ1) is 20.4. The summed E-state index contributed by atoms with van der Waals surface area (Å²) in [5.41, 5.74) is 5.02. The van der Waals surface area contributed by atoms with Gasteiger partial charge in [0.05, 0.1) is 13.2 Å². The molecule has 0 heterocycles. The molecule has 0 bridgehead atoms. The normalized spacial score (nSPS) is 12.2. The minimum Gasteiger partial charge on any atom is -0.494 e. The second kappa shape index (κ2) is 7.73. The Labute approximate surface area is 159 Å². The maximum absolute atomic E-state index is 5.85. The summed E-state index contributed by atoms with van der Waals surface area (Å²) in [6.45, 7) is 18.8. The molecular formula is C24H34O2. The molecular weight excluding hydrogens is 320 g/mol. The smallest absolute Gasteiger partial charge is 0.120 e. The van der Waals surface area contributed by atoms with Gasteiger partial charge >= 0.3 is 0 Å². The Morgan fingerprint density at radius 3 is 1.19 bits per heavy atom. The molecule has 0 saturated heterocycles. The van der Waals surface area contributed by atoms with Gasteiger partial charge in [-0.3, -0.25) is 0 Å². The van der Waals surface area contributed by atoms with Crippen molar-refractivity contribution in [2.45, 2.75) is 66.2 Å². The Morgan fingerprint density at radius 1 is 0.577 bits per heavy atom. The van der Waals surface area contributed by atoms with Gasteiger partial charge in [0.2, 0.25) is 0 Å². The highest BCUT2D eigenvalue weighted by Crippen LogP contribution is 2.36. The lowest BCUT2D eigenvalue weighted by molar-refractivity contribution is 0.338. The summed E-state index contributed by atoms with van der Waals surface area (Å²) in [5.74, 6) is 1.85. The lowest BCUT2D eigenvalue weighted by Crippen LogP contribution is -2.12. The topological polar surface area (TPSA) is 18.5 Å². The van der Waals surface area contributed by atoms with E-state index in [9.17, 15) is 0 Å². The molecule has 0 aliphatic rings. The van der Waals surface area contributed by atoms with E-state index in [1.54, 1.807) is 0 Å². The lowest BCUT2D eigenvalue weighted by Gasteiger charge is -2.23. The van der Waals surface area contributed by atoms with Crippen LogP contribution in [0, 0.1) is 0 Å². The zero-order valence-electron chi connectivity index (χ0n) is 17.7. The second-order valence-corrected chi connectivity index (χ2v) is 8.86. The zero-order valence-corrected chi connectivity index (χ0v) is 17.7. The number of benzene rings is 2. The molecule has 0 radical (unpaired) electrons. The number of rotatable bonds is 5. The van der Waals surface area contributed by atoms with E-state index in [1.807, 2.05) is 13.8 Å². The molecule has 2 nitrogen and oxygen atoms in total. The first-order valence-corrected chi connectivity index (χ1v) is 9.61. The molecule has 2 rings (SSSR count). The van der Waals surface area contributed by atoms with E-state index in [0.717, 1.165) is 11.5 Å². The maximum Gasteiger partial charge on any atom is 0.120 e. The van der Waals surface area contributed by atoms with Crippen molar-refractivity contribution in [1.82, 2.24) is 0 Å². The Kier molecular flexibility index (Phi) is 6.05. The van der Waals surface area contributed by atoms with Crippen LogP contribution in [0.2, 0.25) is 0 Å². The van der Waals surface area contributed by atoms with Crippen LogP contribution in [0.4, 0.5) is 0 Å². The van der Waals surface area contributed by atoms with Crippen molar-refractivity contribution in [1.29, 1.82) is 0 Å². The van der Waals surface area contributed by atoms with E-state index >= 15 is 0 Å². The van der Waals surface area contributed by atoms with Crippen molar-refractivity contribution in [2.24, 2.45) is 0 Å². The lowest BCUT2D eigenvalue weighted by atomic mass is 9.83. The van der Waals surface area contributed by atoms with Gasteiger partial charge in [0.1, 0.15) is 11.5 Å². The first-order chi connectivity index (χ1) is 12.0. The minimum atomic E-state index is 0.0618. The molecule has 0 unspecified atom stereocenters. The number of hydrogen-bond acceptors (Lipinski definition) is 2. The summed E-state index contributed by atoms with van der Waals surface area (Å²) in [7, 11) is 0. The van der Waals surface area contributed by atoms with Crippen LogP contribution in [0.15, 0.2) is 36.4 Å². The van der Waals surface area contributed by atoms with Crippen molar-refractivity contribution in [2.75, 3.05) is 13.2 Å². The fraction of sp³-hybridized carbons (Fsp3) is 0.500. The van der Waals surface area contributed by atoms with E-state index < -0.39 is 0 Å². The van der Waals surface area contributed by atoms with Gasteiger partial charge in [-0.25, -0.2) is 0 Å². The third-order valence-electron chi connectivity index (χ3n) is 4.50. The van der Waals surface area contributed by atoms with Gasteiger partial charge in [-0.05, 0) is 71.2 Å². The molecule has 0 spiro atoms. The minimum absolute atomic E-state index is 0.0618. The molecule has 0 aliphatic carbocycles. The van der Waals surface area contributed by atoms with Crippen LogP contribution in [-0.4, -0.2) is 13.2 Å². The summed E-state index contributed by atoms with van der Waals surface area (Å²) < 4.78 is 11.7. The Balaban J connectivity index is 2.65. The molecule has 2 aromatic rings. The molecule has 142 valence electrons. The second-order valence-electron chi connectivity index (χ2n) is 8.86. The summed E-state index contributed by atoms with van der Waals surface area (Å²) in [6.07, 6.45) is 0. The van der Waals surface area contributed by atoms with Crippen molar-refractivity contribution >= 4 is 0 Å². The van der Waals surface area contributed by atoms with Gasteiger partial charge in [0, 0.05) is 0 Å². The van der Waals surface area contributed by atoms with Crippen LogP contribution in [-0.2, 0) is 10.8 Å². The Morgan fingerprint density at radius 2 is 0.923 bits per heavy atom. The molecule has 2 heteroatoms. The third kappa shape index (κ3) is 5.03. The maximum atomic E-state index is 5.85. The summed E-state index contributed by atoms with van der Waals surface area (Å²) >= 11 is 0. The molecule has 0 N–H and O–H groups in total. The predicted molar refractivity (Wildman–Crippen MR) is 112 cm³/mol. The molecule has 0 aromatic heterocycles. The van der Waals surface area contributed by atoms with Gasteiger partial charge in [-0.15, -0.1) is 0 Å². The van der Waals surface area contributed by atoms with E-state index in [1.165, 1.54) is 22.3 Å². The van der Waals surface area contributed by atoms with Crippen molar-refractivity contribution in [3.05, 3.63) is 47.5 Å². The fourth-order valence-electron chi connectivity index (χ4n) is 2.90. The molecule has 0 saturated carbocycles. The van der Waals surface area contributed by atoms with E-state index in [0.29, 0.717) is 13.2 Å². The average Bonchev–Trinajstić information content (AvgIpc) is 2.53. The van der Waals surface area contributed by atoms with Gasteiger partial charge in [0.25, 0.3) is 0 Å². The third-order valence-corrected chi connectivity index (χ3v) is 4.50. The van der Waals surface area contributed by atoms with Crippen molar-refractivity contribution in [3.63, 3.8) is 0 Å². The van der Waals surface area contributed by atoms with E-state index in [2.05, 4.69) is 77.9 Å². The van der Waals surface area contributed by atoms with Gasteiger partial charge in [-0.2, -0.15) is 0 Å². The molecule has 0 atom stereocenters. The molecule has 2 aromatic carbocycles. The highest BCUT2D eigenvalue weighted by atomic mass is 16.5. The van der Waals surface area contributed by atoms with Crippen LogP contribution in [0.25, 0.3) is 11.1 Å². The summed E-state index contributed by atoms with van der Waals surface area (Å²) in [6, 6.07) is 13.1. The highest BCUT2D eigenvalue weighted by Gasteiger charge is 2.19. The van der Waals surface area contributed by atoms with Crippen LogP contribution in [0.1, 0.15) is 66.5 Å². The summed E-state index contributed by atoms with van der Waals surface area (Å²) in [5, 5.41) is 0. The fourth-order valence-corrected chi connectivity index (χ4v) is 2.90. The molecule has 0 aliphatic heterocycles. The van der Waals surface area contributed by atoms with Gasteiger partial charge < -0.3 is 9.47 Å². The van der Waals surface area contributed by atoms with Crippen molar-refractivity contribution in [3.8, 4) is 22.6 Å². The first-order valence-electron chi connectivity index (χ1n) is 9.61. The quantitative estimate of drug-likeness (QED) is 0.591. The van der Waals surface area contributed by atoms with Crippen molar-refractivity contribution < 1.29 is 9.47 Å². The molecule has 26 heavy (non-hydrogen) atoms. The SMILES string of the molecule is CCOc1cc(-c2cc(OCC)cc(C(C)(C)C)c2)cc(C(C)(C)C)c1. The van der Waals surface area contributed by atoms with Gasteiger partial charge in [-0.1, -0.05) is 53.7 Å². The molecule has 0 amide bonds. The monoisotopic (exact) mass is 354 g/mol. The average molecular weight is 355 g/mol. The standard InChI is InChI=1S/C24H34O2/c1-9-25-21-13-17(11-19(15-21)23(3,4)5)18-12-20(24(6,7)8)16-22(14-18)26-10-2/h11-16H,9-10H2,1-8H3. The van der Waals surface area contributed by atoms with Gasteiger partial charge in [0.15, 0.2) is 0 Å². The van der Waals surface area contributed by atoms with Crippen LogP contribution in [0.3, 0.4) is 0 Å². The molecule has 0 fully saturated rings. The predicted octanol–water partition coefficient (Wildman–Crippen LogP) is 6.75. The Bertz CT molecular complexity index is 680. The number of ether oxygens (including phenoxy) is 2.